The first-order chi connectivity index (χ1) is 12.2. The summed E-state index contributed by atoms with van der Waals surface area (Å²) in [6.45, 7) is 7.45. The van der Waals surface area contributed by atoms with Crippen LogP contribution < -0.4 is 15.4 Å². The maximum absolute atomic E-state index is 8.83. The summed E-state index contributed by atoms with van der Waals surface area (Å²) in [5.74, 6) is 1.50. The molecule has 1 aliphatic rings. The average molecular weight is 347 g/mol. The third-order valence-electron chi connectivity index (χ3n) is 4.83. The van der Waals surface area contributed by atoms with Crippen LogP contribution in [0.25, 0.3) is 0 Å². The number of rotatable bonds is 8. The summed E-state index contributed by atoms with van der Waals surface area (Å²) in [6, 6.07) is 8.60. The fraction of sp³-hybridized carbons (Fsp3) is 0.650. The molecule has 0 amide bonds. The lowest BCUT2D eigenvalue weighted by Gasteiger charge is -2.41. The van der Waals surface area contributed by atoms with Crippen molar-refractivity contribution in [2.75, 3.05) is 31.1 Å². The van der Waals surface area contributed by atoms with Gasteiger partial charge in [0, 0.05) is 24.8 Å². The maximum Gasteiger partial charge on any atom is 0.198 e. The van der Waals surface area contributed by atoms with Crippen molar-refractivity contribution in [2.24, 2.45) is 5.73 Å². The molecule has 140 valence electrons. The monoisotopic (exact) mass is 346 g/mol. The number of nitrogens with two attached hydrogens (primary N) is 1. The van der Waals surface area contributed by atoms with Crippen molar-refractivity contribution in [3.63, 3.8) is 0 Å². The molecule has 0 radical (unpaired) electrons. The number of ether oxygens (including phenoxy) is 1. The van der Waals surface area contributed by atoms with Crippen molar-refractivity contribution >= 4 is 11.6 Å². The van der Waals surface area contributed by atoms with E-state index in [9.17, 15) is 0 Å². The van der Waals surface area contributed by atoms with Gasteiger partial charge in [-0.25, -0.2) is 0 Å². The SMILES string of the molecule is CCCOc1ccc(N(CCCN)C(=N)N2CCCCC2CC)cc1. The molecule has 0 aromatic heterocycles. The Balaban J connectivity index is 2.15. The molecule has 0 saturated carbocycles. The molecule has 1 atom stereocenters. The van der Waals surface area contributed by atoms with E-state index in [1.807, 2.05) is 12.1 Å². The van der Waals surface area contributed by atoms with Crippen molar-refractivity contribution in [2.45, 2.75) is 58.4 Å². The predicted octanol–water partition coefficient (Wildman–Crippen LogP) is 3.83. The van der Waals surface area contributed by atoms with Gasteiger partial charge in [-0.05, 0) is 69.3 Å². The number of nitrogens with one attached hydrogen (secondary N) is 1. The molecule has 0 spiro atoms. The summed E-state index contributed by atoms with van der Waals surface area (Å²) in [6.07, 6.45) is 6.61. The molecule has 2 rings (SSSR count). The molecule has 5 nitrogen and oxygen atoms in total. The molecular formula is C20H34N4O. The third kappa shape index (κ3) is 5.36. The molecule has 1 saturated heterocycles. The van der Waals surface area contributed by atoms with Crippen LogP contribution in [0.5, 0.6) is 5.75 Å². The minimum absolute atomic E-state index is 0.480. The summed E-state index contributed by atoms with van der Waals surface area (Å²) in [4.78, 5) is 4.38. The third-order valence-corrected chi connectivity index (χ3v) is 4.83. The van der Waals surface area contributed by atoms with Crippen LogP contribution in [-0.2, 0) is 0 Å². The van der Waals surface area contributed by atoms with Gasteiger partial charge in [0.1, 0.15) is 5.75 Å². The second-order valence-electron chi connectivity index (χ2n) is 6.71. The molecule has 5 heteroatoms. The normalized spacial score (nSPS) is 17.4. The van der Waals surface area contributed by atoms with Gasteiger partial charge in [-0.3, -0.25) is 5.41 Å². The van der Waals surface area contributed by atoms with Gasteiger partial charge in [0.25, 0.3) is 0 Å². The van der Waals surface area contributed by atoms with E-state index in [-0.39, 0.29) is 0 Å². The molecular weight excluding hydrogens is 312 g/mol. The van der Waals surface area contributed by atoms with Gasteiger partial charge < -0.3 is 20.3 Å². The minimum Gasteiger partial charge on any atom is -0.494 e. The molecule has 1 aromatic carbocycles. The lowest BCUT2D eigenvalue weighted by Crippen LogP contribution is -2.51. The number of anilines is 1. The minimum atomic E-state index is 0.480. The van der Waals surface area contributed by atoms with E-state index in [0.717, 1.165) is 50.4 Å². The van der Waals surface area contributed by atoms with E-state index in [4.69, 9.17) is 15.9 Å². The van der Waals surface area contributed by atoms with E-state index < -0.39 is 0 Å². The lowest BCUT2D eigenvalue weighted by molar-refractivity contribution is 0.230. The molecule has 1 fully saturated rings. The van der Waals surface area contributed by atoms with E-state index >= 15 is 0 Å². The second kappa shape index (κ2) is 10.3. The fourth-order valence-corrected chi connectivity index (χ4v) is 3.41. The zero-order valence-electron chi connectivity index (χ0n) is 15.8. The Hall–Kier alpha value is -1.75. The standard InChI is InChI=1S/C20H34N4O/c1-3-16-25-19-11-9-18(10-12-19)24(15-7-13-21)20(22)23-14-6-5-8-17(23)4-2/h9-12,17,22H,3-8,13-16,21H2,1-2H3. The highest BCUT2D eigenvalue weighted by molar-refractivity contribution is 5.94. The first-order valence-electron chi connectivity index (χ1n) is 9.76. The van der Waals surface area contributed by atoms with Crippen molar-refractivity contribution < 1.29 is 4.74 Å². The highest BCUT2D eigenvalue weighted by Gasteiger charge is 2.26. The first-order valence-corrected chi connectivity index (χ1v) is 9.76. The molecule has 1 unspecified atom stereocenters. The van der Waals surface area contributed by atoms with Crippen LogP contribution in [-0.4, -0.2) is 43.1 Å². The van der Waals surface area contributed by atoms with Crippen LogP contribution in [0.4, 0.5) is 5.69 Å². The van der Waals surface area contributed by atoms with Gasteiger partial charge in [0.15, 0.2) is 5.96 Å². The van der Waals surface area contributed by atoms with E-state index in [0.29, 0.717) is 18.5 Å². The fourth-order valence-electron chi connectivity index (χ4n) is 3.41. The van der Waals surface area contributed by atoms with Gasteiger partial charge in [0.2, 0.25) is 0 Å². The molecule has 1 heterocycles. The first kappa shape index (κ1) is 19.6. The smallest absolute Gasteiger partial charge is 0.198 e. The average Bonchev–Trinajstić information content (AvgIpc) is 2.67. The summed E-state index contributed by atoms with van der Waals surface area (Å²) in [5, 5.41) is 8.83. The highest BCUT2D eigenvalue weighted by Crippen LogP contribution is 2.25. The molecule has 0 bridgehead atoms. The van der Waals surface area contributed by atoms with Gasteiger partial charge in [-0.2, -0.15) is 0 Å². The van der Waals surface area contributed by atoms with Gasteiger partial charge in [-0.15, -0.1) is 0 Å². The second-order valence-corrected chi connectivity index (χ2v) is 6.71. The molecule has 1 aliphatic heterocycles. The van der Waals surface area contributed by atoms with Gasteiger partial charge in [0.05, 0.1) is 6.61 Å². The Bertz CT molecular complexity index is 517. The largest absolute Gasteiger partial charge is 0.494 e. The predicted molar refractivity (Wildman–Crippen MR) is 106 cm³/mol. The van der Waals surface area contributed by atoms with Crippen LogP contribution in [0.15, 0.2) is 24.3 Å². The van der Waals surface area contributed by atoms with Crippen LogP contribution >= 0.6 is 0 Å². The van der Waals surface area contributed by atoms with E-state index in [2.05, 4.69) is 35.8 Å². The Morgan fingerprint density at radius 1 is 1.28 bits per heavy atom. The van der Waals surface area contributed by atoms with Crippen molar-refractivity contribution in [3.05, 3.63) is 24.3 Å². The number of nitrogens with zero attached hydrogens (tertiary/aromatic N) is 2. The number of hydrogen-bond acceptors (Lipinski definition) is 3. The molecule has 3 N–H and O–H groups in total. The topological polar surface area (TPSA) is 65.6 Å². The highest BCUT2D eigenvalue weighted by atomic mass is 16.5. The van der Waals surface area contributed by atoms with Gasteiger partial charge >= 0.3 is 0 Å². The summed E-state index contributed by atoms with van der Waals surface area (Å²) in [5.41, 5.74) is 6.78. The molecule has 1 aromatic rings. The zero-order valence-corrected chi connectivity index (χ0v) is 15.8. The summed E-state index contributed by atoms with van der Waals surface area (Å²) < 4.78 is 5.68. The van der Waals surface area contributed by atoms with Crippen LogP contribution in [0.1, 0.15) is 52.4 Å². The van der Waals surface area contributed by atoms with Gasteiger partial charge in [-0.1, -0.05) is 13.8 Å². The molecule has 25 heavy (non-hydrogen) atoms. The lowest BCUT2D eigenvalue weighted by atomic mass is 10.0. The van der Waals surface area contributed by atoms with Crippen molar-refractivity contribution in [1.82, 2.24) is 4.90 Å². The molecule has 0 aliphatic carbocycles. The Morgan fingerprint density at radius 2 is 2.04 bits per heavy atom. The summed E-state index contributed by atoms with van der Waals surface area (Å²) >= 11 is 0. The Kier molecular flexibility index (Phi) is 8.06. The number of piperidine rings is 1. The van der Waals surface area contributed by atoms with Crippen molar-refractivity contribution in [3.8, 4) is 5.75 Å². The summed E-state index contributed by atoms with van der Waals surface area (Å²) in [7, 11) is 0. The number of guanidine groups is 1. The Labute approximate surface area is 152 Å². The van der Waals surface area contributed by atoms with Crippen LogP contribution in [0.2, 0.25) is 0 Å². The number of hydrogen-bond donors (Lipinski definition) is 2. The zero-order chi connectivity index (χ0) is 18.1. The van der Waals surface area contributed by atoms with E-state index in [1.165, 1.54) is 19.3 Å². The number of benzene rings is 1. The number of likely N-dealkylation sites (tertiary alicyclic amines) is 1. The van der Waals surface area contributed by atoms with Crippen LogP contribution in [0, 0.1) is 5.41 Å². The van der Waals surface area contributed by atoms with E-state index in [1.54, 1.807) is 0 Å². The van der Waals surface area contributed by atoms with Crippen molar-refractivity contribution in [1.29, 1.82) is 5.41 Å². The quantitative estimate of drug-likeness (QED) is 0.554. The van der Waals surface area contributed by atoms with Crippen LogP contribution in [0.3, 0.4) is 0 Å². The maximum atomic E-state index is 8.83. The Morgan fingerprint density at radius 3 is 2.68 bits per heavy atom.